The first kappa shape index (κ1) is 15.4. The Morgan fingerprint density at radius 2 is 2.22 bits per heavy atom. The number of rotatable bonds is 7. The SMILES string of the molecule is CCCNC(CN1CCCC1C(C)C)C(=O)OC. The molecule has 0 aromatic rings. The van der Waals surface area contributed by atoms with Gasteiger partial charge in [0.25, 0.3) is 0 Å². The second-order valence-electron chi connectivity index (χ2n) is 5.48. The lowest BCUT2D eigenvalue weighted by atomic mass is 10.0. The molecule has 0 saturated carbocycles. The third kappa shape index (κ3) is 4.25. The van der Waals surface area contributed by atoms with Crippen molar-refractivity contribution >= 4 is 5.97 Å². The maximum atomic E-state index is 11.8. The first-order valence-corrected chi connectivity index (χ1v) is 7.15. The highest BCUT2D eigenvalue weighted by Gasteiger charge is 2.31. The number of esters is 1. The topological polar surface area (TPSA) is 41.6 Å². The molecule has 0 aromatic heterocycles. The summed E-state index contributed by atoms with van der Waals surface area (Å²) >= 11 is 0. The van der Waals surface area contributed by atoms with Crippen molar-refractivity contribution in [2.75, 3.05) is 26.7 Å². The smallest absolute Gasteiger partial charge is 0.324 e. The summed E-state index contributed by atoms with van der Waals surface area (Å²) in [5, 5.41) is 3.29. The van der Waals surface area contributed by atoms with Gasteiger partial charge in [0.15, 0.2) is 0 Å². The Labute approximate surface area is 111 Å². The van der Waals surface area contributed by atoms with Crippen molar-refractivity contribution in [1.82, 2.24) is 10.2 Å². The Morgan fingerprint density at radius 3 is 2.78 bits per heavy atom. The van der Waals surface area contributed by atoms with Gasteiger partial charge in [-0.25, -0.2) is 0 Å². The Balaban J connectivity index is 2.55. The molecule has 18 heavy (non-hydrogen) atoms. The van der Waals surface area contributed by atoms with Crippen molar-refractivity contribution in [3.05, 3.63) is 0 Å². The van der Waals surface area contributed by atoms with Crippen molar-refractivity contribution in [2.24, 2.45) is 5.92 Å². The summed E-state index contributed by atoms with van der Waals surface area (Å²) < 4.78 is 4.89. The molecule has 0 aromatic carbocycles. The number of hydrogen-bond donors (Lipinski definition) is 1. The number of methoxy groups -OCH3 is 1. The summed E-state index contributed by atoms with van der Waals surface area (Å²) in [6.07, 6.45) is 3.52. The van der Waals surface area contributed by atoms with Gasteiger partial charge in [0.2, 0.25) is 0 Å². The van der Waals surface area contributed by atoms with Crippen LogP contribution in [-0.4, -0.2) is 49.7 Å². The third-order valence-corrected chi connectivity index (χ3v) is 3.73. The first-order valence-electron chi connectivity index (χ1n) is 7.15. The van der Waals surface area contributed by atoms with E-state index in [1.54, 1.807) is 0 Å². The van der Waals surface area contributed by atoms with Crippen LogP contribution in [0, 0.1) is 5.92 Å². The number of ether oxygens (including phenoxy) is 1. The predicted molar refractivity (Wildman–Crippen MR) is 73.5 cm³/mol. The predicted octanol–water partition coefficient (Wildman–Crippen LogP) is 1.65. The highest BCUT2D eigenvalue weighted by Crippen LogP contribution is 2.23. The van der Waals surface area contributed by atoms with E-state index in [4.69, 9.17) is 4.74 Å². The summed E-state index contributed by atoms with van der Waals surface area (Å²) in [6.45, 7) is 9.36. The standard InChI is InChI=1S/C14H28N2O2/c1-5-8-15-12(14(17)18-4)10-16-9-6-7-13(16)11(2)3/h11-13,15H,5-10H2,1-4H3. The van der Waals surface area contributed by atoms with Gasteiger partial charge < -0.3 is 10.1 Å². The van der Waals surface area contributed by atoms with Gasteiger partial charge in [0.05, 0.1) is 7.11 Å². The van der Waals surface area contributed by atoms with Crippen LogP contribution in [0.4, 0.5) is 0 Å². The number of carbonyl (C=O) groups is 1. The fourth-order valence-corrected chi connectivity index (χ4v) is 2.75. The average Bonchev–Trinajstić information content (AvgIpc) is 2.81. The van der Waals surface area contributed by atoms with Gasteiger partial charge in [-0.2, -0.15) is 0 Å². The average molecular weight is 256 g/mol. The van der Waals surface area contributed by atoms with Crippen LogP contribution in [0.5, 0.6) is 0 Å². The quantitative estimate of drug-likeness (QED) is 0.703. The summed E-state index contributed by atoms with van der Waals surface area (Å²) in [6, 6.07) is 0.426. The van der Waals surface area contributed by atoms with E-state index in [2.05, 4.69) is 31.0 Å². The summed E-state index contributed by atoms with van der Waals surface area (Å²) in [4.78, 5) is 14.2. The van der Waals surface area contributed by atoms with E-state index in [-0.39, 0.29) is 12.0 Å². The first-order chi connectivity index (χ1) is 8.60. The molecule has 0 spiro atoms. The number of nitrogens with one attached hydrogen (secondary N) is 1. The molecule has 4 heteroatoms. The molecule has 1 N–H and O–H groups in total. The van der Waals surface area contributed by atoms with Crippen molar-refractivity contribution < 1.29 is 9.53 Å². The van der Waals surface area contributed by atoms with E-state index in [9.17, 15) is 4.79 Å². The fourth-order valence-electron chi connectivity index (χ4n) is 2.75. The van der Waals surface area contributed by atoms with Crippen LogP contribution < -0.4 is 5.32 Å². The highest BCUT2D eigenvalue weighted by molar-refractivity contribution is 5.75. The monoisotopic (exact) mass is 256 g/mol. The molecule has 1 saturated heterocycles. The molecule has 0 aliphatic carbocycles. The summed E-state index contributed by atoms with van der Waals surface area (Å²) in [5.41, 5.74) is 0. The summed E-state index contributed by atoms with van der Waals surface area (Å²) in [7, 11) is 1.47. The normalized spacial score (nSPS) is 22.4. The Morgan fingerprint density at radius 1 is 1.50 bits per heavy atom. The molecule has 1 heterocycles. The van der Waals surface area contributed by atoms with Gasteiger partial charge >= 0.3 is 5.97 Å². The van der Waals surface area contributed by atoms with E-state index in [0.717, 1.165) is 26.1 Å². The molecule has 1 aliphatic heterocycles. The zero-order valence-corrected chi connectivity index (χ0v) is 12.2. The van der Waals surface area contributed by atoms with Crippen molar-refractivity contribution in [3.63, 3.8) is 0 Å². The van der Waals surface area contributed by atoms with E-state index < -0.39 is 0 Å². The van der Waals surface area contributed by atoms with Crippen LogP contribution in [0.2, 0.25) is 0 Å². The van der Waals surface area contributed by atoms with Crippen LogP contribution in [-0.2, 0) is 9.53 Å². The molecular formula is C14H28N2O2. The molecule has 1 rings (SSSR count). The number of carbonyl (C=O) groups excluding carboxylic acids is 1. The maximum Gasteiger partial charge on any atom is 0.324 e. The Bertz CT molecular complexity index is 256. The van der Waals surface area contributed by atoms with Crippen LogP contribution in [0.3, 0.4) is 0 Å². The molecule has 1 aliphatic rings. The fraction of sp³-hybridized carbons (Fsp3) is 0.929. The third-order valence-electron chi connectivity index (χ3n) is 3.73. The molecule has 1 fully saturated rings. The molecule has 0 amide bonds. The van der Waals surface area contributed by atoms with E-state index >= 15 is 0 Å². The van der Waals surface area contributed by atoms with Gasteiger partial charge in [-0.3, -0.25) is 9.69 Å². The second-order valence-corrected chi connectivity index (χ2v) is 5.48. The minimum Gasteiger partial charge on any atom is -0.468 e. The zero-order chi connectivity index (χ0) is 13.5. The van der Waals surface area contributed by atoms with Crippen LogP contribution in [0.1, 0.15) is 40.0 Å². The Kier molecular flexibility index (Phi) is 6.65. The van der Waals surface area contributed by atoms with Crippen molar-refractivity contribution in [3.8, 4) is 0 Å². The highest BCUT2D eigenvalue weighted by atomic mass is 16.5. The van der Waals surface area contributed by atoms with E-state index in [0.29, 0.717) is 12.0 Å². The molecule has 106 valence electrons. The lowest BCUT2D eigenvalue weighted by molar-refractivity contribution is -0.143. The lowest BCUT2D eigenvalue weighted by Crippen LogP contribution is -2.49. The lowest BCUT2D eigenvalue weighted by Gasteiger charge is -2.30. The molecule has 0 bridgehead atoms. The molecule has 0 radical (unpaired) electrons. The minimum absolute atomic E-state index is 0.141. The van der Waals surface area contributed by atoms with Gasteiger partial charge in [-0.05, 0) is 38.3 Å². The number of nitrogens with zero attached hydrogens (tertiary/aromatic N) is 1. The van der Waals surface area contributed by atoms with E-state index in [1.807, 2.05) is 0 Å². The largest absolute Gasteiger partial charge is 0.468 e. The Hall–Kier alpha value is -0.610. The number of hydrogen-bond acceptors (Lipinski definition) is 4. The molecule has 4 nitrogen and oxygen atoms in total. The van der Waals surface area contributed by atoms with Gasteiger partial charge in [-0.15, -0.1) is 0 Å². The second kappa shape index (κ2) is 7.74. The number of likely N-dealkylation sites (tertiary alicyclic amines) is 1. The van der Waals surface area contributed by atoms with Gasteiger partial charge in [0, 0.05) is 12.6 Å². The summed E-state index contributed by atoms with van der Waals surface area (Å²) in [5.74, 6) is 0.509. The molecular weight excluding hydrogens is 228 g/mol. The van der Waals surface area contributed by atoms with Crippen LogP contribution in [0.15, 0.2) is 0 Å². The van der Waals surface area contributed by atoms with Gasteiger partial charge in [-0.1, -0.05) is 20.8 Å². The van der Waals surface area contributed by atoms with Crippen molar-refractivity contribution in [2.45, 2.75) is 52.1 Å². The maximum absolute atomic E-state index is 11.8. The van der Waals surface area contributed by atoms with Crippen LogP contribution >= 0.6 is 0 Å². The van der Waals surface area contributed by atoms with Crippen LogP contribution in [0.25, 0.3) is 0 Å². The molecule has 2 unspecified atom stereocenters. The zero-order valence-electron chi connectivity index (χ0n) is 12.2. The van der Waals surface area contributed by atoms with Crippen molar-refractivity contribution in [1.29, 1.82) is 0 Å². The minimum atomic E-state index is -0.186. The molecule has 2 atom stereocenters. The van der Waals surface area contributed by atoms with Gasteiger partial charge in [0.1, 0.15) is 6.04 Å². The van der Waals surface area contributed by atoms with E-state index in [1.165, 1.54) is 20.0 Å².